The second kappa shape index (κ2) is 6.79. The highest BCUT2D eigenvalue weighted by Gasteiger charge is 2.20. The van der Waals surface area contributed by atoms with Crippen molar-refractivity contribution in [3.05, 3.63) is 68.4 Å². The van der Waals surface area contributed by atoms with Crippen LogP contribution in [0.2, 0.25) is 5.02 Å². The van der Waals surface area contributed by atoms with Crippen molar-refractivity contribution in [2.45, 2.75) is 12.5 Å². The summed E-state index contributed by atoms with van der Waals surface area (Å²) in [6, 6.07) is 6.11. The highest BCUT2D eigenvalue weighted by molar-refractivity contribution is 9.10. The van der Waals surface area contributed by atoms with Crippen molar-refractivity contribution in [3.63, 3.8) is 0 Å². The number of nitrogens with one attached hydrogen (secondary N) is 1. The third-order valence-corrected chi connectivity index (χ3v) is 4.36. The standard InChI is InChI=1S/C14H11BrClF3N2/c15-9-5-4-8(14(19)12(9)16)11(21-20)6-7-2-1-3-10(17)13(7)18/h1-5,11,21H,6,20H2. The van der Waals surface area contributed by atoms with Crippen LogP contribution in [0.3, 0.4) is 0 Å². The molecule has 21 heavy (non-hydrogen) atoms. The predicted molar refractivity (Wildman–Crippen MR) is 79.2 cm³/mol. The monoisotopic (exact) mass is 378 g/mol. The average Bonchev–Trinajstić information content (AvgIpc) is 2.47. The maximum atomic E-state index is 14.2. The van der Waals surface area contributed by atoms with Crippen LogP contribution in [-0.4, -0.2) is 0 Å². The summed E-state index contributed by atoms with van der Waals surface area (Å²) in [7, 11) is 0. The molecule has 0 saturated heterocycles. The first-order valence-electron chi connectivity index (χ1n) is 5.98. The van der Waals surface area contributed by atoms with Gasteiger partial charge in [0.05, 0.1) is 11.1 Å². The van der Waals surface area contributed by atoms with Gasteiger partial charge >= 0.3 is 0 Å². The minimum absolute atomic E-state index is 0.0189. The fourth-order valence-corrected chi connectivity index (χ4v) is 2.47. The van der Waals surface area contributed by atoms with E-state index in [0.29, 0.717) is 4.47 Å². The Labute approximate surface area is 133 Å². The Morgan fingerprint density at radius 3 is 2.52 bits per heavy atom. The van der Waals surface area contributed by atoms with Crippen molar-refractivity contribution < 1.29 is 13.2 Å². The molecule has 0 spiro atoms. The van der Waals surface area contributed by atoms with Crippen molar-refractivity contribution in [2.75, 3.05) is 0 Å². The normalized spacial score (nSPS) is 12.5. The fourth-order valence-electron chi connectivity index (χ4n) is 1.99. The summed E-state index contributed by atoms with van der Waals surface area (Å²) in [5, 5.41) is -0.0903. The summed E-state index contributed by atoms with van der Waals surface area (Å²) in [5.41, 5.74) is 2.67. The van der Waals surface area contributed by atoms with Crippen molar-refractivity contribution >= 4 is 27.5 Å². The molecule has 3 N–H and O–H groups in total. The molecule has 0 aliphatic heterocycles. The fraction of sp³-hybridized carbons (Fsp3) is 0.143. The molecule has 1 atom stereocenters. The Kier molecular flexibility index (Phi) is 5.27. The van der Waals surface area contributed by atoms with Crippen LogP contribution in [0, 0.1) is 17.5 Å². The van der Waals surface area contributed by atoms with Gasteiger partial charge in [-0.25, -0.2) is 13.2 Å². The van der Waals surface area contributed by atoms with E-state index in [-0.39, 0.29) is 22.6 Å². The molecule has 112 valence electrons. The lowest BCUT2D eigenvalue weighted by Gasteiger charge is -2.18. The molecule has 0 bridgehead atoms. The first-order chi connectivity index (χ1) is 9.95. The Morgan fingerprint density at radius 2 is 1.86 bits per heavy atom. The molecule has 2 rings (SSSR count). The Balaban J connectivity index is 2.37. The van der Waals surface area contributed by atoms with E-state index < -0.39 is 23.5 Å². The first-order valence-corrected chi connectivity index (χ1v) is 7.15. The van der Waals surface area contributed by atoms with Crippen LogP contribution in [0.25, 0.3) is 0 Å². The van der Waals surface area contributed by atoms with Crippen LogP contribution in [0.5, 0.6) is 0 Å². The van der Waals surface area contributed by atoms with Crippen molar-refractivity contribution in [1.82, 2.24) is 5.43 Å². The van der Waals surface area contributed by atoms with E-state index in [2.05, 4.69) is 21.4 Å². The van der Waals surface area contributed by atoms with Gasteiger partial charge in [0.1, 0.15) is 5.82 Å². The number of hydrogen-bond acceptors (Lipinski definition) is 2. The number of hydrazine groups is 1. The van der Waals surface area contributed by atoms with Crippen LogP contribution in [0.15, 0.2) is 34.8 Å². The number of hydrogen-bond donors (Lipinski definition) is 2. The number of rotatable bonds is 4. The molecular weight excluding hydrogens is 369 g/mol. The predicted octanol–water partition coefficient (Wildman–Crippen LogP) is 4.27. The molecule has 0 aromatic heterocycles. The van der Waals surface area contributed by atoms with Crippen LogP contribution in [-0.2, 0) is 6.42 Å². The molecule has 2 aromatic rings. The highest BCUT2D eigenvalue weighted by atomic mass is 79.9. The molecule has 1 unspecified atom stereocenters. The summed E-state index contributed by atoms with van der Waals surface area (Å²) in [6.45, 7) is 0. The van der Waals surface area contributed by atoms with Crippen LogP contribution in [0.1, 0.15) is 17.2 Å². The number of nitrogens with two attached hydrogens (primary N) is 1. The topological polar surface area (TPSA) is 38.0 Å². The van der Waals surface area contributed by atoms with Crippen LogP contribution < -0.4 is 11.3 Å². The Morgan fingerprint density at radius 1 is 1.14 bits per heavy atom. The number of halogens is 5. The molecule has 0 amide bonds. The van der Waals surface area contributed by atoms with Gasteiger partial charge in [0, 0.05) is 10.0 Å². The molecule has 0 aliphatic carbocycles. The van der Waals surface area contributed by atoms with E-state index in [0.717, 1.165) is 6.07 Å². The molecule has 2 aromatic carbocycles. The maximum absolute atomic E-state index is 14.2. The zero-order valence-corrected chi connectivity index (χ0v) is 13.0. The molecule has 0 heterocycles. The lowest BCUT2D eigenvalue weighted by Crippen LogP contribution is -2.30. The third kappa shape index (κ3) is 3.40. The quantitative estimate of drug-likeness (QED) is 0.473. The van der Waals surface area contributed by atoms with Gasteiger partial charge in [0.2, 0.25) is 0 Å². The molecular formula is C14H11BrClF3N2. The highest BCUT2D eigenvalue weighted by Crippen LogP contribution is 2.31. The third-order valence-electron chi connectivity index (χ3n) is 3.10. The minimum Gasteiger partial charge on any atom is -0.271 e. The van der Waals surface area contributed by atoms with Crippen LogP contribution >= 0.6 is 27.5 Å². The summed E-state index contributed by atoms with van der Waals surface area (Å²) in [5.74, 6) is 2.82. The van der Waals surface area contributed by atoms with Gasteiger partial charge in [-0.2, -0.15) is 0 Å². The van der Waals surface area contributed by atoms with Gasteiger partial charge in [-0.1, -0.05) is 29.8 Å². The molecule has 2 nitrogen and oxygen atoms in total. The van der Waals surface area contributed by atoms with E-state index in [1.54, 1.807) is 6.07 Å². The van der Waals surface area contributed by atoms with Crippen LogP contribution in [0.4, 0.5) is 13.2 Å². The maximum Gasteiger partial charge on any atom is 0.162 e. The van der Waals surface area contributed by atoms with E-state index in [1.807, 2.05) is 0 Å². The van der Waals surface area contributed by atoms with E-state index >= 15 is 0 Å². The first kappa shape index (κ1) is 16.3. The van der Waals surface area contributed by atoms with E-state index in [1.165, 1.54) is 18.2 Å². The summed E-state index contributed by atoms with van der Waals surface area (Å²) < 4.78 is 41.4. The zero-order chi connectivity index (χ0) is 15.6. The SMILES string of the molecule is NNC(Cc1cccc(F)c1F)c1ccc(Br)c(Cl)c1F. The second-order valence-corrected chi connectivity index (χ2v) is 5.63. The van der Waals surface area contributed by atoms with Crippen molar-refractivity contribution in [3.8, 4) is 0 Å². The molecule has 7 heteroatoms. The average molecular weight is 380 g/mol. The van der Waals surface area contributed by atoms with Gasteiger partial charge < -0.3 is 0 Å². The summed E-state index contributed by atoms with van der Waals surface area (Å²) in [6.07, 6.45) is -0.0189. The summed E-state index contributed by atoms with van der Waals surface area (Å²) >= 11 is 8.92. The lowest BCUT2D eigenvalue weighted by molar-refractivity contribution is 0.472. The summed E-state index contributed by atoms with van der Waals surface area (Å²) in [4.78, 5) is 0. The van der Waals surface area contributed by atoms with Gasteiger partial charge in [-0.15, -0.1) is 0 Å². The zero-order valence-electron chi connectivity index (χ0n) is 10.6. The molecule has 0 radical (unpaired) electrons. The minimum atomic E-state index is -0.971. The number of benzene rings is 2. The van der Waals surface area contributed by atoms with Gasteiger partial charge in [-0.3, -0.25) is 11.3 Å². The Bertz CT molecular complexity index is 667. The second-order valence-electron chi connectivity index (χ2n) is 4.40. The van der Waals surface area contributed by atoms with Gasteiger partial charge in [-0.05, 0) is 40.0 Å². The molecule has 0 saturated carbocycles. The lowest BCUT2D eigenvalue weighted by atomic mass is 9.98. The molecule has 0 aliphatic rings. The Hall–Kier alpha value is -1.08. The van der Waals surface area contributed by atoms with Crippen molar-refractivity contribution in [2.24, 2.45) is 5.84 Å². The smallest absolute Gasteiger partial charge is 0.162 e. The molecule has 0 fully saturated rings. The van der Waals surface area contributed by atoms with Gasteiger partial charge in [0.15, 0.2) is 11.6 Å². The largest absolute Gasteiger partial charge is 0.271 e. The van der Waals surface area contributed by atoms with Crippen molar-refractivity contribution in [1.29, 1.82) is 0 Å². The van der Waals surface area contributed by atoms with E-state index in [9.17, 15) is 13.2 Å². The van der Waals surface area contributed by atoms with E-state index in [4.69, 9.17) is 17.4 Å². The van der Waals surface area contributed by atoms with Gasteiger partial charge in [0.25, 0.3) is 0 Å².